The summed E-state index contributed by atoms with van der Waals surface area (Å²) in [6, 6.07) is 13.2. The molecule has 1 amide bonds. The molecule has 0 aliphatic heterocycles. The third kappa shape index (κ3) is 7.28. The van der Waals surface area contributed by atoms with Crippen LogP contribution in [-0.2, 0) is 30.9 Å². The molecule has 0 unspecified atom stereocenters. The number of benzene rings is 2. The van der Waals surface area contributed by atoms with Crippen LogP contribution in [0.15, 0.2) is 54.4 Å². The number of ether oxygens (including phenoxy) is 2. The second-order valence-electron chi connectivity index (χ2n) is 9.64. The zero-order chi connectivity index (χ0) is 26.5. The Morgan fingerprint density at radius 2 is 1.83 bits per heavy atom. The smallest absolute Gasteiger partial charge is 0.412 e. The van der Waals surface area contributed by atoms with Crippen LogP contribution in [0.3, 0.4) is 0 Å². The lowest BCUT2D eigenvalue weighted by Crippen LogP contribution is -2.28. The van der Waals surface area contributed by atoms with Crippen molar-refractivity contribution in [2.75, 3.05) is 12.9 Å². The van der Waals surface area contributed by atoms with Crippen LogP contribution in [0.5, 0.6) is 0 Å². The maximum atomic E-state index is 12.8. The van der Waals surface area contributed by atoms with Crippen LogP contribution in [-0.4, -0.2) is 50.6 Å². The second kappa shape index (κ2) is 11.1. The number of hydrogen-bond acceptors (Lipinski definition) is 7. The number of amides is 1. The van der Waals surface area contributed by atoms with E-state index in [1.165, 1.54) is 19.4 Å². The molecule has 192 valence electrons. The molecule has 0 radical (unpaired) electrons. The molecule has 0 saturated carbocycles. The lowest BCUT2D eigenvalue weighted by atomic mass is 10.1. The monoisotopic (exact) mass is 529 g/mol. The number of aryl methyl sites for hydroxylation is 1. The van der Waals surface area contributed by atoms with Gasteiger partial charge in [0.05, 0.1) is 24.6 Å². The molecule has 0 spiro atoms. The van der Waals surface area contributed by atoms with Gasteiger partial charge in [0.1, 0.15) is 12.3 Å². The van der Waals surface area contributed by atoms with Gasteiger partial charge in [-0.05, 0) is 47.9 Å². The Balaban J connectivity index is 1.85. The number of nitrogens with one attached hydrogen (secondary N) is 1. The minimum absolute atomic E-state index is 0.0318. The number of aromatic nitrogens is 2. The first-order valence-corrected chi connectivity index (χ1v) is 16.7. The predicted octanol–water partition coefficient (Wildman–Crippen LogP) is 4.30. The molecule has 36 heavy (non-hydrogen) atoms. The van der Waals surface area contributed by atoms with Gasteiger partial charge in [0.2, 0.25) is 0 Å². The minimum atomic E-state index is -3.59. The Morgan fingerprint density at radius 1 is 1.14 bits per heavy atom. The summed E-state index contributed by atoms with van der Waals surface area (Å²) in [5.41, 5.74) is 2.49. The first-order chi connectivity index (χ1) is 16.9. The van der Waals surface area contributed by atoms with E-state index in [1.807, 2.05) is 30.3 Å². The first-order valence-electron chi connectivity index (χ1n) is 11.4. The van der Waals surface area contributed by atoms with Crippen LogP contribution < -0.4 is 5.32 Å². The average Bonchev–Trinajstić information content (AvgIpc) is 3.27. The molecule has 0 fully saturated rings. The van der Waals surface area contributed by atoms with Crippen molar-refractivity contribution in [3.8, 4) is 0 Å². The number of rotatable bonds is 9. The third-order valence-corrected chi connectivity index (χ3v) is 8.95. The quantitative estimate of drug-likeness (QED) is 0.249. The van der Waals surface area contributed by atoms with Crippen molar-refractivity contribution < 1.29 is 27.5 Å². The van der Waals surface area contributed by atoms with Crippen LogP contribution in [0.25, 0.3) is 17.0 Å². The van der Waals surface area contributed by atoms with Gasteiger partial charge in [0.25, 0.3) is 10.0 Å². The zero-order valence-corrected chi connectivity index (χ0v) is 22.9. The molecule has 1 heterocycles. The summed E-state index contributed by atoms with van der Waals surface area (Å²) in [5.74, 6) is -0.724. The van der Waals surface area contributed by atoms with Crippen molar-refractivity contribution in [1.29, 1.82) is 0 Å². The van der Waals surface area contributed by atoms with Crippen molar-refractivity contribution in [3.05, 3.63) is 71.0 Å². The Morgan fingerprint density at radius 3 is 2.47 bits per heavy atom. The van der Waals surface area contributed by atoms with Gasteiger partial charge in [-0.15, -0.1) is 0 Å². The Kier molecular flexibility index (Phi) is 8.36. The Labute approximate surface area is 212 Å². The van der Waals surface area contributed by atoms with E-state index in [2.05, 4.69) is 30.1 Å². The second-order valence-corrected chi connectivity index (χ2v) is 17.2. The normalized spacial score (nSPS) is 12.4. The van der Waals surface area contributed by atoms with Gasteiger partial charge in [-0.2, -0.15) is 9.19 Å². The van der Waals surface area contributed by atoms with E-state index >= 15 is 0 Å². The topological polar surface area (TPSA) is 117 Å². The molecule has 0 aliphatic rings. The van der Waals surface area contributed by atoms with Gasteiger partial charge < -0.3 is 9.47 Å². The molecule has 0 bridgehead atoms. The molecule has 0 atom stereocenters. The fourth-order valence-electron chi connectivity index (χ4n) is 3.36. The summed E-state index contributed by atoms with van der Waals surface area (Å²) in [5, 5.41) is 7.32. The summed E-state index contributed by atoms with van der Waals surface area (Å²) in [4.78, 5) is 24.6. The van der Waals surface area contributed by atoms with E-state index in [0.29, 0.717) is 28.1 Å². The van der Waals surface area contributed by atoms with Crippen LogP contribution in [0.1, 0.15) is 16.7 Å². The van der Waals surface area contributed by atoms with Gasteiger partial charge in [-0.1, -0.05) is 50.0 Å². The molecule has 1 N–H and O–H groups in total. The van der Waals surface area contributed by atoms with E-state index in [0.717, 1.165) is 9.65 Å². The summed E-state index contributed by atoms with van der Waals surface area (Å²) in [7, 11) is -3.94. The average molecular weight is 530 g/mol. The van der Waals surface area contributed by atoms with Crippen LogP contribution in [0.4, 0.5) is 4.79 Å². The summed E-state index contributed by atoms with van der Waals surface area (Å²) in [6.07, 6.45) is 2.10. The fraction of sp³-hybridized carbons (Fsp3) is 0.320. The molecule has 1 aromatic heterocycles. The standard InChI is InChI=1S/C25H31N3O6SSi/c1-18-13-20(14-21-16-28(27-23(18)21)35(31,32)11-12-36(3,4)5)15-22(24(29)33-2)26-25(30)34-17-19-9-7-6-8-10-19/h6-10,13-16H,11-12,17H2,1-5H3,(H,26,30). The number of carbonyl (C=O) groups is 2. The Hall–Kier alpha value is -3.44. The van der Waals surface area contributed by atoms with Crippen LogP contribution in [0, 0.1) is 6.92 Å². The summed E-state index contributed by atoms with van der Waals surface area (Å²) < 4.78 is 36.7. The van der Waals surface area contributed by atoms with Crippen molar-refractivity contribution in [3.63, 3.8) is 0 Å². The van der Waals surface area contributed by atoms with Gasteiger partial charge in [-0.3, -0.25) is 5.32 Å². The van der Waals surface area contributed by atoms with E-state index in [9.17, 15) is 18.0 Å². The molecule has 3 aromatic rings. The van der Waals surface area contributed by atoms with Crippen molar-refractivity contribution in [2.45, 2.75) is 39.2 Å². The van der Waals surface area contributed by atoms with Gasteiger partial charge in [0.15, 0.2) is 0 Å². The highest BCUT2D eigenvalue weighted by atomic mass is 32.2. The summed E-state index contributed by atoms with van der Waals surface area (Å²) in [6.45, 7) is 8.20. The van der Waals surface area contributed by atoms with Crippen LogP contribution >= 0.6 is 0 Å². The lowest BCUT2D eigenvalue weighted by Gasteiger charge is -2.15. The highest BCUT2D eigenvalue weighted by molar-refractivity contribution is 7.89. The maximum absolute atomic E-state index is 12.8. The third-order valence-electron chi connectivity index (χ3n) is 5.36. The van der Waals surface area contributed by atoms with Crippen molar-refractivity contribution in [1.82, 2.24) is 14.5 Å². The van der Waals surface area contributed by atoms with E-state index in [4.69, 9.17) is 9.47 Å². The number of esters is 1. The number of hydrogen-bond donors (Lipinski definition) is 1. The number of alkyl carbamates (subject to hydrolysis) is 1. The number of methoxy groups -OCH3 is 1. The molecular formula is C25H31N3O6SSi. The lowest BCUT2D eigenvalue weighted by molar-refractivity contribution is -0.136. The van der Waals surface area contributed by atoms with E-state index in [1.54, 1.807) is 19.1 Å². The molecule has 9 nitrogen and oxygen atoms in total. The fourth-order valence-corrected chi connectivity index (χ4v) is 7.51. The molecule has 0 aliphatic carbocycles. The molecular weight excluding hydrogens is 498 g/mol. The van der Waals surface area contributed by atoms with Gasteiger partial charge >= 0.3 is 12.1 Å². The SMILES string of the molecule is COC(=O)C(=Cc1cc(C)c2nn(S(=O)(=O)CC[Si](C)(C)C)cc2c1)NC(=O)OCc1ccccc1. The van der Waals surface area contributed by atoms with Crippen LogP contribution in [0.2, 0.25) is 25.7 Å². The maximum Gasteiger partial charge on any atom is 0.412 e. The zero-order valence-electron chi connectivity index (χ0n) is 21.1. The highest BCUT2D eigenvalue weighted by Crippen LogP contribution is 2.23. The van der Waals surface area contributed by atoms with E-state index in [-0.39, 0.29) is 18.1 Å². The summed E-state index contributed by atoms with van der Waals surface area (Å²) >= 11 is 0. The number of fused-ring (bicyclic) bond motifs is 1. The van der Waals surface area contributed by atoms with Gasteiger partial charge in [0, 0.05) is 13.5 Å². The largest absolute Gasteiger partial charge is 0.464 e. The predicted molar refractivity (Wildman–Crippen MR) is 142 cm³/mol. The first kappa shape index (κ1) is 27.1. The molecule has 11 heteroatoms. The molecule has 3 rings (SSSR count). The number of carbonyl (C=O) groups excluding carboxylic acids is 2. The number of nitrogens with zero attached hydrogens (tertiary/aromatic N) is 2. The highest BCUT2D eigenvalue weighted by Gasteiger charge is 2.22. The Bertz CT molecular complexity index is 1390. The van der Waals surface area contributed by atoms with Gasteiger partial charge in [-0.25, -0.2) is 18.0 Å². The van der Waals surface area contributed by atoms with E-state index < -0.39 is 30.2 Å². The minimum Gasteiger partial charge on any atom is -0.464 e. The molecule has 0 saturated heterocycles. The molecule has 2 aromatic carbocycles. The van der Waals surface area contributed by atoms with Crippen molar-refractivity contribution in [2.24, 2.45) is 0 Å². The van der Waals surface area contributed by atoms with Crippen molar-refractivity contribution >= 4 is 47.1 Å².